The minimum atomic E-state index is -0.745. The Balaban J connectivity index is 1.68. The first-order valence-electron chi connectivity index (χ1n) is 7.54. The predicted molar refractivity (Wildman–Crippen MR) is 88.5 cm³/mol. The van der Waals surface area contributed by atoms with Gasteiger partial charge in [-0.25, -0.2) is 9.07 Å². The van der Waals surface area contributed by atoms with Gasteiger partial charge in [0.15, 0.2) is 11.6 Å². The Labute approximate surface area is 139 Å². The summed E-state index contributed by atoms with van der Waals surface area (Å²) in [6, 6.07) is 11.3. The number of benzene rings is 1. The second kappa shape index (κ2) is 6.76. The molecular formula is C17H18FN5O. The van der Waals surface area contributed by atoms with E-state index in [1.165, 1.54) is 12.1 Å². The quantitative estimate of drug-likeness (QED) is 0.779. The standard InChI is InChI=1S/C17H18FN5O/c1-12-9-10-23(21-12)17-8-7-16(19-20-17)22(2)11-15(24)13-3-5-14(18)6-4-13/h3-10,15,24H,11H2,1-2H3/t15-/m0/s1. The van der Waals surface area contributed by atoms with Crippen molar-refractivity contribution >= 4 is 5.82 Å². The molecule has 7 heteroatoms. The van der Waals surface area contributed by atoms with Crippen LogP contribution in [-0.4, -0.2) is 38.7 Å². The molecule has 124 valence electrons. The molecule has 2 heterocycles. The monoisotopic (exact) mass is 327 g/mol. The van der Waals surface area contributed by atoms with E-state index < -0.39 is 6.10 Å². The third-order valence-electron chi connectivity index (χ3n) is 3.69. The lowest BCUT2D eigenvalue weighted by Gasteiger charge is -2.21. The lowest BCUT2D eigenvalue weighted by Crippen LogP contribution is -2.25. The molecule has 0 spiro atoms. The number of nitrogens with zero attached hydrogens (tertiary/aromatic N) is 5. The largest absolute Gasteiger partial charge is 0.387 e. The molecule has 1 atom stereocenters. The number of hydrogen-bond acceptors (Lipinski definition) is 5. The molecule has 0 aliphatic carbocycles. The molecule has 0 aliphatic heterocycles. The van der Waals surface area contributed by atoms with Crippen molar-refractivity contribution in [2.24, 2.45) is 0 Å². The van der Waals surface area contributed by atoms with Crippen molar-refractivity contribution in [2.75, 3.05) is 18.5 Å². The summed E-state index contributed by atoms with van der Waals surface area (Å²) in [6.45, 7) is 2.23. The highest BCUT2D eigenvalue weighted by Crippen LogP contribution is 2.17. The Morgan fingerprint density at radius 3 is 2.46 bits per heavy atom. The van der Waals surface area contributed by atoms with Crippen LogP contribution in [0.4, 0.5) is 10.2 Å². The maximum atomic E-state index is 12.9. The van der Waals surface area contributed by atoms with Crippen molar-refractivity contribution in [3.63, 3.8) is 0 Å². The van der Waals surface area contributed by atoms with Crippen LogP contribution in [-0.2, 0) is 0 Å². The maximum absolute atomic E-state index is 12.9. The summed E-state index contributed by atoms with van der Waals surface area (Å²) in [5.41, 5.74) is 1.56. The Hall–Kier alpha value is -2.80. The number of hydrogen-bond donors (Lipinski definition) is 1. The highest BCUT2D eigenvalue weighted by molar-refractivity contribution is 5.39. The van der Waals surface area contributed by atoms with E-state index in [9.17, 15) is 9.50 Å². The second-order valence-electron chi connectivity index (χ2n) is 5.60. The fourth-order valence-corrected chi connectivity index (χ4v) is 2.33. The first kappa shape index (κ1) is 16.1. The zero-order chi connectivity index (χ0) is 17.1. The van der Waals surface area contributed by atoms with Gasteiger partial charge in [-0.05, 0) is 42.8 Å². The molecule has 3 aromatic rings. The summed E-state index contributed by atoms with van der Waals surface area (Å²) in [4.78, 5) is 1.79. The number of halogens is 1. The smallest absolute Gasteiger partial charge is 0.175 e. The van der Waals surface area contributed by atoms with Gasteiger partial charge in [0, 0.05) is 19.8 Å². The van der Waals surface area contributed by atoms with E-state index in [1.807, 2.05) is 38.4 Å². The molecule has 1 aromatic carbocycles. The molecule has 3 rings (SSSR count). The summed E-state index contributed by atoms with van der Waals surface area (Å²) in [5.74, 6) is 0.928. The van der Waals surface area contributed by atoms with E-state index in [0.29, 0.717) is 23.7 Å². The molecule has 24 heavy (non-hydrogen) atoms. The van der Waals surface area contributed by atoms with E-state index in [0.717, 1.165) is 5.69 Å². The van der Waals surface area contributed by atoms with E-state index in [-0.39, 0.29) is 5.82 Å². The number of rotatable bonds is 5. The normalized spacial score (nSPS) is 12.2. The minimum absolute atomic E-state index is 0.320. The number of aryl methyl sites for hydroxylation is 1. The van der Waals surface area contributed by atoms with Crippen molar-refractivity contribution in [3.8, 4) is 5.82 Å². The number of likely N-dealkylation sites (N-methyl/N-ethyl adjacent to an activating group) is 1. The van der Waals surface area contributed by atoms with Gasteiger partial charge >= 0.3 is 0 Å². The van der Waals surface area contributed by atoms with Crippen molar-refractivity contribution < 1.29 is 9.50 Å². The van der Waals surface area contributed by atoms with Gasteiger partial charge in [-0.1, -0.05) is 12.1 Å². The molecule has 0 fully saturated rings. The molecule has 0 aliphatic rings. The molecule has 2 aromatic heterocycles. The molecule has 0 saturated heterocycles. The second-order valence-corrected chi connectivity index (χ2v) is 5.60. The third kappa shape index (κ3) is 3.57. The Morgan fingerprint density at radius 2 is 1.88 bits per heavy atom. The number of aliphatic hydroxyl groups is 1. The van der Waals surface area contributed by atoms with Gasteiger partial charge in [-0.15, -0.1) is 10.2 Å². The summed E-state index contributed by atoms with van der Waals surface area (Å²) in [6.07, 6.45) is 1.08. The minimum Gasteiger partial charge on any atom is -0.387 e. The van der Waals surface area contributed by atoms with Gasteiger partial charge in [0.1, 0.15) is 5.82 Å². The number of aliphatic hydroxyl groups excluding tert-OH is 1. The SMILES string of the molecule is Cc1ccn(-c2ccc(N(C)C[C@H](O)c3ccc(F)cc3)nn2)n1. The fraction of sp³-hybridized carbons (Fsp3) is 0.235. The van der Waals surface area contributed by atoms with Crippen molar-refractivity contribution in [1.82, 2.24) is 20.0 Å². The topological polar surface area (TPSA) is 67.1 Å². The zero-order valence-electron chi connectivity index (χ0n) is 13.5. The van der Waals surface area contributed by atoms with Crippen LogP contribution in [0.1, 0.15) is 17.4 Å². The van der Waals surface area contributed by atoms with Crippen LogP contribution >= 0.6 is 0 Å². The molecular weight excluding hydrogens is 309 g/mol. The van der Waals surface area contributed by atoms with Crippen molar-refractivity contribution in [3.05, 3.63) is 65.7 Å². The van der Waals surface area contributed by atoms with E-state index in [4.69, 9.17) is 0 Å². The Morgan fingerprint density at radius 1 is 1.12 bits per heavy atom. The van der Waals surface area contributed by atoms with Gasteiger partial charge in [0.05, 0.1) is 11.8 Å². The molecule has 0 saturated carbocycles. The average molecular weight is 327 g/mol. The van der Waals surface area contributed by atoms with Gasteiger partial charge in [0.25, 0.3) is 0 Å². The van der Waals surface area contributed by atoms with Crippen LogP contribution in [0, 0.1) is 12.7 Å². The van der Waals surface area contributed by atoms with Crippen molar-refractivity contribution in [2.45, 2.75) is 13.0 Å². The molecule has 0 unspecified atom stereocenters. The van der Waals surface area contributed by atoms with Gasteiger partial charge in [-0.2, -0.15) is 5.10 Å². The summed E-state index contributed by atoms with van der Waals surface area (Å²) in [7, 11) is 1.81. The maximum Gasteiger partial charge on any atom is 0.175 e. The first-order valence-corrected chi connectivity index (χ1v) is 7.54. The summed E-state index contributed by atoms with van der Waals surface area (Å²) >= 11 is 0. The van der Waals surface area contributed by atoms with Gasteiger partial charge in [-0.3, -0.25) is 0 Å². The fourth-order valence-electron chi connectivity index (χ4n) is 2.33. The third-order valence-corrected chi connectivity index (χ3v) is 3.69. The van der Waals surface area contributed by atoms with Crippen LogP contribution in [0.3, 0.4) is 0 Å². The van der Waals surface area contributed by atoms with Crippen LogP contribution in [0.15, 0.2) is 48.7 Å². The van der Waals surface area contributed by atoms with E-state index in [2.05, 4.69) is 15.3 Å². The van der Waals surface area contributed by atoms with Crippen molar-refractivity contribution in [1.29, 1.82) is 0 Å². The summed E-state index contributed by atoms with van der Waals surface area (Å²) in [5, 5.41) is 22.9. The Bertz CT molecular complexity index is 801. The lowest BCUT2D eigenvalue weighted by molar-refractivity contribution is 0.184. The highest BCUT2D eigenvalue weighted by atomic mass is 19.1. The Kier molecular flexibility index (Phi) is 4.52. The molecule has 0 amide bonds. The zero-order valence-corrected chi connectivity index (χ0v) is 13.5. The number of aromatic nitrogens is 4. The van der Waals surface area contributed by atoms with Crippen LogP contribution < -0.4 is 4.90 Å². The molecule has 6 nitrogen and oxygen atoms in total. The number of anilines is 1. The summed E-state index contributed by atoms with van der Waals surface area (Å²) < 4.78 is 14.6. The van der Waals surface area contributed by atoms with Crippen LogP contribution in [0.2, 0.25) is 0 Å². The highest BCUT2D eigenvalue weighted by Gasteiger charge is 2.13. The van der Waals surface area contributed by atoms with Crippen LogP contribution in [0.5, 0.6) is 0 Å². The lowest BCUT2D eigenvalue weighted by atomic mass is 10.1. The average Bonchev–Trinajstić information content (AvgIpc) is 3.02. The van der Waals surface area contributed by atoms with E-state index in [1.54, 1.807) is 21.7 Å². The first-order chi connectivity index (χ1) is 11.5. The molecule has 0 radical (unpaired) electrons. The van der Waals surface area contributed by atoms with Gasteiger partial charge < -0.3 is 10.0 Å². The predicted octanol–water partition coefficient (Wildman–Crippen LogP) is 2.28. The van der Waals surface area contributed by atoms with Gasteiger partial charge in [0.2, 0.25) is 0 Å². The molecule has 0 bridgehead atoms. The molecule has 1 N–H and O–H groups in total. The van der Waals surface area contributed by atoms with E-state index >= 15 is 0 Å². The van der Waals surface area contributed by atoms with Crippen LogP contribution in [0.25, 0.3) is 5.82 Å².